The maximum atomic E-state index is 2.24. The molecule has 0 unspecified atom stereocenters. The van der Waals surface area contributed by atoms with Crippen LogP contribution < -0.4 is 0 Å². The van der Waals surface area contributed by atoms with Crippen LogP contribution >= 0.6 is 0 Å². The van der Waals surface area contributed by atoms with E-state index in [0.29, 0.717) is 0 Å². The molecule has 0 aromatic heterocycles. The number of hydrogen-bond donors (Lipinski definition) is 0. The fourth-order valence-corrected chi connectivity index (χ4v) is 3.23. The number of rotatable bonds is 4. The van der Waals surface area contributed by atoms with Gasteiger partial charge in [0, 0.05) is 0 Å². The molecule has 4 rings (SSSR count). The van der Waals surface area contributed by atoms with Crippen molar-refractivity contribution in [2.24, 2.45) is 0 Å². The van der Waals surface area contributed by atoms with Crippen molar-refractivity contribution in [3.05, 3.63) is 118 Å². The molecule has 0 saturated carbocycles. The first-order chi connectivity index (χ1) is 13.7. The molecule has 0 aliphatic carbocycles. The zero-order chi connectivity index (χ0) is 19.3. The van der Waals surface area contributed by atoms with Crippen LogP contribution in [0.3, 0.4) is 0 Å². The fraction of sp³-hybridized carbons (Fsp3) is 0.0714. The Hall–Kier alpha value is -3.38. The van der Waals surface area contributed by atoms with Gasteiger partial charge in [-0.25, -0.2) is 0 Å². The van der Waals surface area contributed by atoms with Gasteiger partial charge in [-0.05, 0) is 59.0 Å². The predicted molar refractivity (Wildman–Crippen MR) is 124 cm³/mol. The van der Waals surface area contributed by atoms with Crippen molar-refractivity contribution in [3.8, 4) is 0 Å². The van der Waals surface area contributed by atoms with E-state index in [4.69, 9.17) is 0 Å². The molecular formula is C28H24. The van der Waals surface area contributed by atoms with Crippen LogP contribution in [0.15, 0.2) is 84.9 Å². The molecule has 136 valence electrons. The van der Waals surface area contributed by atoms with Crippen molar-refractivity contribution in [1.29, 1.82) is 0 Å². The van der Waals surface area contributed by atoms with Gasteiger partial charge in [-0.1, -0.05) is 108 Å². The quantitative estimate of drug-likeness (QED) is 0.326. The summed E-state index contributed by atoms with van der Waals surface area (Å²) in [6.45, 7) is 4.22. The monoisotopic (exact) mass is 360 g/mol. The van der Waals surface area contributed by atoms with Gasteiger partial charge in [-0.3, -0.25) is 0 Å². The molecule has 0 radical (unpaired) electrons. The Balaban J connectivity index is 1.53. The van der Waals surface area contributed by atoms with Gasteiger partial charge in [0.25, 0.3) is 0 Å². The second-order valence-electron chi connectivity index (χ2n) is 7.35. The van der Waals surface area contributed by atoms with Gasteiger partial charge in [0.1, 0.15) is 0 Å². The van der Waals surface area contributed by atoms with Crippen LogP contribution in [0.25, 0.3) is 35.1 Å². The van der Waals surface area contributed by atoms with E-state index in [1.165, 1.54) is 44.2 Å². The van der Waals surface area contributed by atoms with Crippen molar-refractivity contribution in [3.63, 3.8) is 0 Å². The van der Waals surface area contributed by atoms with E-state index in [2.05, 4.69) is 123 Å². The van der Waals surface area contributed by atoms with Gasteiger partial charge in [0.05, 0.1) is 0 Å². The molecule has 0 aliphatic heterocycles. The van der Waals surface area contributed by atoms with Crippen LogP contribution in [0, 0.1) is 13.8 Å². The van der Waals surface area contributed by atoms with E-state index in [0.717, 1.165) is 0 Å². The molecule has 0 heterocycles. The summed E-state index contributed by atoms with van der Waals surface area (Å²) in [6, 6.07) is 30.4. The fourth-order valence-electron chi connectivity index (χ4n) is 3.23. The first kappa shape index (κ1) is 18.0. The van der Waals surface area contributed by atoms with E-state index in [1.54, 1.807) is 0 Å². The molecule has 0 bridgehead atoms. The second-order valence-corrected chi connectivity index (χ2v) is 7.35. The average Bonchev–Trinajstić information content (AvgIpc) is 2.73. The van der Waals surface area contributed by atoms with Crippen LogP contribution in [0.5, 0.6) is 0 Å². The molecule has 0 N–H and O–H groups in total. The normalized spacial score (nSPS) is 11.6. The number of hydrogen-bond acceptors (Lipinski definition) is 0. The largest absolute Gasteiger partial charge is 0.0587 e. The van der Waals surface area contributed by atoms with Gasteiger partial charge >= 0.3 is 0 Å². The van der Waals surface area contributed by atoms with Crippen molar-refractivity contribution >= 4 is 35.1 Å². The third-order valence-corrected chi connectivity index (χ3v) is 4.98. The molecule has 0 atom stereocenters. The number of benzene rings is 4. The Kier molecular flexibility index (Phi) is 5.21. The van der Waals surface area contributed by atoms with Crippen molar-refractivity contribution < 1.29 is 0 Å². The summed E-state index contributed by atoms with van der Waals surface area (Å²) in [6.07, 6.45) is 8.68. The zero-order valence-electron chi connectivity index (χ0n) is 16.4. The van der Waals surface area contributed by atoms with E-state index in [9.17, 15) is 0 Å². The van der Waals surface area contributed by atoms with Gasteiger partial charge in [-0.15, -0.1) is 0 Å². The minimum atomic E-state index is 1.22. The molecule has 0 saturated heterocycles. The molecule has 0 nitrogen and oxygen atoms in total. The number of fused-ring (bicyclic) bond motifs is 1. The number of aryl methyl sites for hydroxylation is 2. The first-order valence-electron chi connectivity index (χ1n) is 9.69. The van der Waals surface area contributed by atoms with Crippen molar-refractivity contribution in [1.82, 2.24) is 0 Å². The molecule has 0 fully saturated rings. The summed E-state index contributed by atoms with van der Waals surface area (Å²) < 4.78 is 0. The first-order valence-corrected chi connectivity index (χ1v) is 9.69. The van der Waals surface area contributed by atoms with Crippen LogP contribution in [-0.4, -0.2) is 0 Å². The van der Waals surface area contributed by atoms with Gasteiger partial charge in [-0.2, -0.15) is 0 Å². The molecule has 0 amide bonds. The lowest BCUT2D eigenvalue weighted by molar-refractivity contribution is 1.46. The summed E-state index contributed by atoms with van der Waals surface area (Å²) in [5, 5.41) is 2.53. The molecular weight excluding hydrogens is 336 g/mol. The lowest BCUT2D eigenvalue weighted by Crippen LogP contribution is -1.79. The highest BCUT2D eigenvalue weighted by molar-refractivity contribution is 5.88. The highest BCUT2D eigenvalue weighted by atomic mass is 14.0. The van der Waals surface area contributed by atoms with Crippen molar-refractivity contribution in [2.75, 3.05) is 0 Å². The molecule has 0 aliphatic rings. The molecule has 4 aromatic carbocycles. The average molecular weight is 361 g/mol. The second kappa shape index (κ2) is 8.10. The van der Waals surface area contributed by atoms with Gasteiger partial charge < -0.3 is 0 Å². The highest BCUT2D eigenvalue weighted by Crippen LogP contribution is 2.21. The summed E-state index contributed by atoms with van der Waals surface area (Å²) >= 11 is 0. The molecule has 28 heavy (non-hydrogen) atoms. The summed E-state index contributed by atoms with van der Waals surface area (Å²) in [4.78, 5) is 0. The lowest BCUT2D eigenvalue weighted by atomic mass is 10.0. The van der Waals surface area contributed by atoms with E-state index in [1.807, 2.05) is 0 Å². The third-order valence-electron chi connectivity index (χ3n) is 4.98. The smallest absolute Gasteiger partial charge is 0.0178 e. The third kappa shape index (κ3) is 4.47. The van der Waals surface area contributed by atoms with E-state index in [-0.39, 0.29) is 0 Å². The Labute approximate surface area is 167 Å². The Bertz CT molecular complexity index is 1050. The summed E-state index contributed by atoms with van der Waals surface area (Å²) in [5.41, 5.74) is 7.46. The van der Waals surface area contributed by atoms with Gasteiger partial charge in [0.15, 0.2) is 0 Å². The van der Waals surface area contributed by atoms with E-state index < -0.39 is 0 Å². The predicted octanol–water partition coefficient (Wildman–Crippen LogP) is 7.80. The lowest BCUT2D eigenvalue weighted by Gasteiger charge is -2.02. The van der Waals surface area contributed by atoms with Crippen LogP contribution in [-0.2, 0) is 0 Å². The van der Waals surface area contributed by atoms with Crippen LogP contribution in [0.4, 0.5) is 0 Å². The zero-order valence-corrected chi connectivity index (χ0v) is 16.4. The van der Waals surface area contributed by atoms with E-state index >= 15 is 0 Å². The maximum absolute atomic E-state index is 2.24. The topological polar surface area (TPSA) is 0 Å². The minimum Gasteiger partial charge on any atom is -0.0587 e. The Morgan fingerprint density at radius 3 is 1.11 bits per heavy atom. The molecule has 4 aromatic rings. The SMILES string of the molecule is Cc1ccc(/C=C/c2ccc3cc(/C=C/c4ccc(C)cc4)ccc3c2)cc1. The van der Waals surface area contributed by atoms with Crippen LogP contribution in [0.2, 0.25) is 0 Å². The summed E-state index contributed by atoms with van der Waals surface area (Å²) in [5.74, 6) is 0. The van der Waals surface area contributed by atoms with Crippen LogP contribution in [0.1, 0.15) is 33.4 Å². The van der Waals surface area contributed by atoms with Crippen molar-refractivity contribution in [2.45, 2.75) is 13.8 Å². The minimum absolute atomic E-state index is 1.22. The Morgan fingerprint density at radius 1 is 0.393 bits per heavy atom. The summed E-state index contributed by atoms with van der Waals surface area (Å²) in [7, 11) is 0. The molecule has 0 heteroatoms. The van der Waals surface area contributed by atoms with Gasteiger partial charge in [0.2, 0.25) is 0 Å². The molecule has 0 spiro atoms. The highest BCUT2D eigenvalue weighted by Gasteiger charge is 1.97. The standard InChI is InChI=1S/C28H24/c1-21-3-7-23(8-4-21)11-13-25-15-17-28-20-26(16-18-27(28)19-25)14-12-24-9-5-22(2)6-10-24/h3-20H,1-2H3/b13-11+,14-12+. The Morgan fingerprint density at radius 2 is 0.714 bits per heavy atom. The maximum Gasteiger partial charge on any atom is -0.0178 e.